The van der Waals surface area contributed by atoms with Gasteiger partial charge in [-0.1, -0.05) is 179 Å². The van der Waals surface area contributed by atoms with Gasteiger partial charge in [0.1, 0.15) is 0 Å². The summed E-state index contributed by atoms with van der Waals surface area (Å²) in [6.07, 6.45) is 1.91. The third-order valence-electron chi connectivity index (χ3n) is 13.5. The monoisotopic (exact) mass is 731 g/mol. The first-order valence-electron chi connectivity index (χ1n) is 20.7. The molecule has 8 aromatic rings. The zero-order valence-corrected chi connectivity index (χ0v) is 33.1. The number of rotatable bonds is 6. The Morgan fingerprint density at radius 2 is 0.825 bits per heavy atom. The summed E-state index contributed by atoms with van der Waals surface area (Å²) >= 11 is 0. The molecule has 0 aromatic heterocycles. The van der Waals surface area contributed by atoms with Crippen molar-refractivity contribution in [1.82, 2.24) is 0 Å². The van der Waals surface area contributed by atoms with Gasteiger partial charge in [-0.05, 0) is 115 Å². The average molecular weight is 732 g/mol. The molecule has 3 aliphatic carbocycles. The van der Waals surface area contributed by atoms with Gasteiger partial charge in [-0.3, -0.25) is 0 Å². The summed E-state index contributed by atoms with van der Waals surface area (Å²) in [5.74, 6) is 0. The summed E-state index contributed by atoms with van der Waals surface area (Å²) in [5.41, 5.74) is 24.5. The first-order valence-corrected chi connectivity index (χ1v) is 20.7. The Kier molecular flexibility index (Phi) is 7.45. The van der Waals surface area contributed by atoms with E-state index in [9.17, 15) is 0 Å². The fraction of sp³-hybridized carbons (Fsp3) is 0.143. The van der Waals surface area contributed by atoms with E-state index in [1.165, 1.54) is 106 Å². The van der Waals surface area contributed by atoms with Gasteiger partial charge in [0.05, 0.1) is 16.8 Å². The molecule has 0 aliphatic heterocycles. The molecule has 0 fully saturated rings. The number of anilines is 3. The molecule has 8 aromatic carbocycles. The summed E-state index contributed by atoms with van der Waals surface area (Å²) in [5, 5.41) is 0. The van der Waals surface area contributed by atoms with Crippen molar-refractivity contribution < 1.29 is 0 Å². The van der Waals surface area contributed by atoms with E-state index in [-0.39, 0.29) is 5.41 Å². The van der Waals surface area contributed by atoms with Crippen LogP contribution in [0.3, 0.4) is 0 Å². The first-order chi connectivity index (χ1) is 28.0. The van der Waals surface area contributed by atoms with Crippen LogP contribution in [-0.4, -0.2) is 0 Å². The third-order valence-corrected chi connectivity index (χ3v) is 13.5. The third kappa shape index (κ3) is 4.52. The lowest BCUT2D eigenvalue weighted by Crippen LogP contribution is -2.26. The molecule has 0 atom stereocenters. The lowest BCUT2D eigenvalue weighted by Gasteiger charge is -2.34. The van der Waals surface area contributed by atoms with E-state index in [1.807, 2.05) is 0 Å². The smallest absolute Gasteiger partial charge is 0.0726 e. The first kappa shape index (κ1) is 33.9. The normalized spacial score (nSPS) is 14.4. The Morgan fingerprint density at radius 1 is 0.368 bits per heavy atom. The molecule has 1 nitrogen and oxygen atoms in total. The van der Waals surface area contributed by atoms with Crippen molar-refractivity contribution in [2.45, 2.75) is 51.4 Å². The van der Waals surface area contributed by atoms with Crippen molar-refractivity contribution in [2.24, 2.45) is 0 Å². The fourth-order valence-corrected chi connectivity index (χ4v) is 11.0. The lowest BCUT2D eigenvalue weighted by atomic mass is 9.70. The molecule has 0 amide bonds. The minimum absolute atomic E-state index is 0.128. The number of aryl methyl sites for hydroxylation is 2. The molecule has 0 N–H and O–H groups in total. The largest absolute Gasteiger partial charge is 0.309 e. The van der Waals surface area contributed by atoms with Gasteiger partial charge in [-0.25, -0.2) is 0 Å². The maximum absolute atomic E-state index is 2.61. The van der Waals surface area contributed by atoms with Crippen LogP contribution in [0.4, 0.5) is 17.1 Å². The van der Waals surface area contributed by atoms with Crippen molar-refractivity contribution in [1.29, 1.82) is 0 Å². The molecule has 11 rings (SSSR count). The Balaban J connectivity index is 1.26. The second-order valence-electron chi connectivity index (χ2n) is 16.5. The van der Waals surface area contributed by atoms with Gasteiger partial charge in [0.2, 0.25) is 0 Å². The van der Waals surface area contributed by atoms with Crippen molar-refractivity contribution in [2.75, 3.05) is 4.90 Å². The highest BCUT2D eigenvalue weighted by atomic mass is 15.1. The van der Waals surface area contributed by atoms with Crippen molar-refractivity contribution in [3.8, 4) is 44.5 Å². The summed E-state index contributed by atoms with van der Waals surface area (Å²) in [6.45, 7) is 9.35. The van der Waals surface area contributed by atoms with Crippen LogP contribution in [0, 0.1) is 0 Å². The molecule has 1 heteroatoms. The van der Waals surface area contributed by atoms with Crippen molar-refractivity contribution in [3.63, 3.8) is 0 Å². The molecular formula is C56H45N. The minimum atomic E-state index is -0.434. The molecule has 0 saturated heterocycles. The minimum Gasteiger partial charge on any atom is -0.309 e. The van der Waals surface area contributed by atoms with Crippen LogP contribution in [0.15, 0.2) is 176 Å². The summed E-state index contributed by atoms with van der Waals surface area (Å²) < 4.78 is 0. The van der Waals surface area contributed by atoms with Crippen molar-refractivity contribution in [3.05, 3.63) is 220 Å². The summed E-state index contributed by atoms with van der Waals surface area (Å²) in [4.78, 5) is 2.61. The van der Waals surface area contributed by atoms with E-state index in [0.29, 0.717) is 0 Å². The standard InChI is InChI=1S/C56H45N/c1-5-36-19-7-8-21-39(36)53-37(6-2)20-17-31-51(53)57(52-32-18-30-49-54(52)44-25-12-13-26-45(44)55(49,3)4)38-33-34-43-42-24-11-16-29-48(42)56(50(43)35-38)46-27-14-9-22-40(46)41-23-10-15-28-47(41)56/h7-35H,5-6H2,1-4H3. The van der Waals surface area contributed by atoms with E-state index < -0.39 is 5.41 Å². The maximum atomic E-state index is 2.61. The summed E-state index contributed by atoms with van der Waals surface area (Å²) in [7, 11) is 0. The fourth-order valence-electron chi connectivity index (χ4n) is 11.0. The predicted molar refractivity (Wildman–Crippen MR) is 239 cm³/mol. The number of hydrogen-bond acceptors (Lipinski definition) is 1. The Bertz CT molecular complexity index is 2860. The van der Waals surface area contributed by atoms with Gasteiger partial charge in [-0.2, -0.15) is 0 Å². The number of fused-ring (bicyclic) bond motifs is 13. The highest BCUT2D eigenvalue weighted by molar-refractivity contribution is 6.01. The topological polar surface area (TPSA) is 3.24 Å². The maximum Gasteiger partial charge on any atom is 0.0726 e. The lowest BCUT2D eigenvalue weighted by molar-refractivity contribution is 0.660. The van der Waals surface area contributed by atoms with Gasteiger partial charge in [0.25, 0.3) is 0 Å². The second kappa shape index (κ2) is 12.5. The molecule has 0 unspecified atom stereocenters. The number of nitrogens with zero attached hydrogens (tertiary/aromatic N) is 1. The van der Waals surface area contributed by atoms with E-state index in [4.69, 9.17) is 0 Å². The molecular weight excluding hydrogens is 687 g/mol. The SMILES string of the molecule is CCc1ccccc1-c1c(CC)cccc1N(c1ccc2c(c1)C1(c3ccccc3-c3ccccc31)c1ccccc1-2)c1cccc2c1-c1ccccc1C2(C)C. The molecule has 0 heterocycles. The van der Waals surface area contributed by atoms with Crippen LogP contribution in [0.5, 0.6) is 0 Å². The predicted octanol–water partition coefficient (Wildman–Crippen LogP) is 14.6. The molecule has 57 heavy (non-hydrogen) atoms. The second-order valence-corrected chi connectivity index (χ2v) is 16.5. The zero-order valence-electron chi connectivity index (χ0n) is 33.1. The molecule has 0 radical (unpaired) electrons. The van der Waals surface area contributed by atoms with Crippen LogP contribution >= 0.6 is 0 Å². The Hall–Kier alpha value is -6.44. The van der Waals surface area contributed by atoms with Crippen LogP contribution in [-0.2, 0) is 23.7 Å². The quantitative estimate of drug-likeness (QED) is 0.165. The van der Waals surface area contributed by atoms with Crippen LogP contribution in [0.25, 0.3) is 44.5 Å². The van der Waals surface area contributed by atoms with Crippen LogP contribution in [0.1, 0.15) is 72.2 Å². The van der Waals surface area contributed by atoms with Gasteiger partial charge in [0.15, 0.2) is 0 Å². The Morgan fingerprint density at radius 3 is 1.44 bits per heavy atom. The average Bonchev–Trinajstić information content (AvgIpc) is 3.82. The zero-order chi connectivity index (χ0) is 38.5. The Labute approximate surface area is 336 Å². The van der Waals surface area contributed by atoms with Gasteiger partial charge < -0.3 is 4.90 Å². The molecule has 0 bridgehead atoms. The molecule has 3 aliphatic rings. The van der Waals surface area contributed by atoms with Gasteiger partial charge >= 0.3 is 0 Å². The number of benzene rings is 8. The van der Waals surface area contributed by atoms with Crippen LogP contribution in [0.2, 0.25) is 0 Å². The highest BCUT2D eigenvalue weighted by Gasteiger charge is 2.51. The molecule has 274 valence electrons. The van der Waals surface area contributed by atoms with Gasteiger partial charge in [0, 0.05) is 22.2 Å². The number of hydrogen-bond donors (Lipinski definition) is 0. The van der Waals surface area contributed by atoms with E-state index >= 15 is 0 Å². The molecule has 1 spiro atoms. The highest BCUT2D eigenvalue weighted by Crippen LogP contribution is 2.64. The summed E-state index contributed by atoms with van der Waals surface area (Å²) in [6, 6.07) is 66.8. The van der Waals surface area contributed by atoms with Crippen LogP contribution < -0.4 is 4.90 Å². The van der Waals surface area contributed by atoms with E-state index in [2.05, 4.69) is 209 Å². The van der Waals surface area contributed by atoms with Gasteiger partial charge in [-0.15, -0.1) is 0 Å². The van der Waals surface area contributed by atoms with Crippen molar-refractivity contribution >= 4 is 17.1 Å². The molecule has 0 saturated carbocycles. The van der Waals surface area contributed by atoms with E-state index in [1.54, 1.807) is 0 Å². The van der Waals surface area contributed by atoms with E-state index in [0.717, 1.165) is 12.8 Å².